The molecule has 1 aliphatic carbocycles. The van der Waals surface area contributed by atoms with Crippen molar-refractivity contribution in [2.24, 2.45) is 0 Å². The Morgan fingerprint density at radius 3 is 2.20 bits per heavy atom. The van der Waals surface area contributed by atoms with Crippen LogP contribution < -0.4 is 5.32 Å². The maximum Gasteiger partial charge on any atom is 0.0876 e. The highest BCUT2D eigenvalue weighted by atomic mass is 16.5. The first-order valence-corrected chi connectivity index (χ1v) is 8.01. The predicted octanol–water partition coefficient (Wildman–Crippen LogP) is 4.30. The molecule has 1 aromatic rings. The Labute approximate surface area is 123 Å². The molecule has 0 amide bonds. The topological polar surface area (TPSA) is 21.3 Å². The third-order valence-electron chi connectivity index (χ3n) is 4.52. The van der Waals surface area contributed by atoms with Crippen LogP contribution in [-0.4, -0.2) is 19.3 Å². The van der Waals surface area contributed by atoms with Crippen molar-refractivity contribution in [1.29, 1.82) is 0 Å². The molecule has 0 bridgehead atoms. The average molecular weight is 275 g/mol. The van der Waals surface area contributed by atoms with Gasteiger partial charge in [0.05, 0.1) is 11.6 Å². The van der Waals surface area contributed by atoms with Gasteiger partial charge < -0.3 is 10.1 Å². The second-order valence-electron chi connectivity index (χ2n) is 6.20. The lowest BCUT2D eigenvalue weighted by molar-refractivity contribution is -0.0898. The quantitative estimate of drug-likeness (QED) is 0.865. The summed E-state index contributed by atoms with van der Waals surface area (Å²) in [7, 11) is 2.07. The molecular weight excluding hydrogens is 246 g/mol. The molecule has 1 N–H and O–H groups in total. The number of nitrogens with one attached hydrogen (secondary N) is 1. The maximum atomic E-state index is 6.30. The largest absolute Gasteiger partial charge is 0.373 e. The van der Waals surface area contributed by atoms with Crippen molar-refractivity contribution in [3.05, 3.63) is 34.9 Å². The van der Waals surface area contributed by atoms with E-state index in [2.05, 4.69) is 51.3 Å². The third kappa shape index (κ3) is 3.24. The summed E-state index contributed by atoms with van der Waals surface area (Å²) in [5.41, 5.74) is 4.02. The van der Waals surface area contributed by atoms with Gasteiger partial charge in [-0.2, -0.15) is 0 Å². The van der Waals surface area contributed by atoms with Crippen LogP contribution in [0.2, 0.25) is 0 Å². The first kappa shape index (κ1) is 15.5. The van der Waals surface area contributed by atoms with Gasteiger partial charge in [0.15, 0.2) is 0 Å². The summed E-state index contributed by atoms with van der Waals surface area (Å²) >= 11 is 0. The minimum atomic E-state index is -0.0258. The molecule has 0 heterocycles. The summed E-state index contributed by atoms with van der Waals surface area (Å²) in [4.78, 5) is 0. The van der Waals surface area contributed by atoms with E-state index in [9.17, 15) is 0 Å². The van der Waals surface area contributed by atoms with Crippen LogP contribution >= 0.6 is 0 Å². The van der Waals surface area contributed by atoms with E-state index in [4.69, 9.17) is 4.74 Å². The zero-order valence-corrected chi connectivity index (χ0v) is 13.5. The van der Waals surface area contributed by atoms with Crippen molar-refractivity contribution in [2.45, 2.75) is 64.5 Å². The average Bonchev–Trinajstić information content (AvgIpc) is 2.39. The van der Waals surface area contributed by atoms with Crippen LogP contribution in [-0.2, 0) is 4.74 Å². The van der Waals surface area contributed by atoms with E-state index < -0.39 is 0 Å². The first-order chi connectivity index (χ1) is 9.61. The van der Waals surface area contributed by atoms with Crippen molar-refractivity contribution in [3.8, 4) is 0 Å². The Kier molecular flexibility index (Phi) is 5.22. The van der Waals surface area contributed by atoms with E-state index in [0.717, 1.165) is 6.61 Å². The number of hydrogen-bond acceptors (Lipinski definition) is 2. The van der Waals surface area contributed by atoms with E-state index >= 15 is 0 Å². The van der Waals surface area contributed by atoms with Gasteiger partial charge >= 0.3 is 0 Å². The lowest BCUT2D eigenvalue weighted by atomic mass is 9.76. The fourth-order valence-corrected chi connectivity index (χ4v) is 3.86. The highest BCUT2D eigenvalue weighted by Gasteiger charge is 2.40. The Hall–Kier alpha value is -0.860. The Morgan fingerprint density at radius 1 is 1.10 bits per heavy atom. The summed E-state index contributed by atoms with van der Waals surface area (Å²) in [5, 5.41) is 3.54. The van der Waals surface area contributed by atoms with Gasteiger partial charge in [-0.1, -0.05) is 48.6 Å². The van der Waals surface area contributed by atoms with Crippen molar-refractivity contribution in [2.75, 3.05) is 13.7 Å². The van der Waals surface area contributed by atoms with Gasteiger partial charge in [-0.05, 0) is 46.2 Å². The van der Waals surface area contributed by atoms with Gasteiger partial charge in [0.25, 0.3) is 0 Å². The molecule has 2 rings (SSSR count). The van der Waals surface area contributed by atoms with Gasteiger partial charge in [0, 0.05) is 6.61 Å². The molecule has 1 fully saturated rings. The molecule has 1 saturated carbocycles. The van der Waals surface area contributed by atoms with E-state index in [1.807, 2.05) is 0 Å². The highest BCUT2D eigenvalue weighted by molar-refractivity contribution is 5.32. The van der Waals surface area contributed by atoms with E-state index in [0.29, 0.717) is 6.04 Å². The van der Waals surface area contributed by atoms with Gasteiger partial charge in [0.1, 0.15) is 0 Å². The van der Waals surface area contributed by atoms with Crippen LogP contribution in [0.25, 0.3) is 0 Å². The number of likely N-dealkylation sites (N-methyl/N-ethyl adjacent to an activating group) is 1. The Morgan fingerprint density at radius 2 is 1.70 bits per heavy atom. The highest BCUT2D eigenvalue weighted by Crippen LogP contribution is 2.41. The molecular formula is C18H29NO. The van der Waals surface area contributed by atoms with Crippen LogP contribution in [0.1, 0.15) is 61.8 Å². The fraction of sp³-hybridized carbons (Fsp3) is 0.667. The fourth-order valence-electron chi connectivity index (χ4n) is 3.86. The third-order valence-corrected chi connectivity index (χ3v) is 4.52. The molecule has 0 aromatic heterocycles. The van der Waals surface area contributed by atoms with Crippen molar-refractivity contribution in [1.82, 2.24) is 5.32 Å². The smallest absolute Gasteiger partial charge is 0.0876 e. The molecule has 0 radical (unpaired) electrons. The van der Waals surface area contributed by atoms with Crippen LogP contribution in [0.5, 0.6) is 0 Å². The lowest BCUT2D eigenvalue weighted by Crippen LogP contribution is -2.46. The SMILES string of the molecule is CCOC1(C(NC)c2cc(C)cc(C)c2)CCCCC1. The van der Waals surface area contributed by atoms with E-state index in [1.165, 1.54) is 48.8 Å². The van der Waals surface area contributed by atoms with Crippen molar-refractivity contribution < 1.29 is 4.74 Å². The maximum absolute atomic E-state index is 6.30. The molecule has 20 heavy (non-hydrogen) atoms. The standard InChI is InChI=1S/C18H29NO/c1-5-20-18(9-7-6-8-10-18)17(19-4)16-12-14(2)11-15(3)13-16/h11-13,17,19H,5-10H2,1-4H3. The molecule has 1 aromatic carbocycles. The number of rotatable bonds is 5. The molecule has 0 aliphatic heterocycles. The van der Waals surface area contributed by atoms with Crippen molar-refractivity contribution in [3.63, 3.8) is 0 Å². The molecule has 2 heteroatoms. The first-order valence-electron chi connectivity index (χ1n) is 8.01. The number of benzene rings is 1. The normalized spacial score (nSPS) is 19.8. The van der Waals surface area contributed by atoms with E-state index in [1.54, 1.807) is 0 Å². The number of ether oxygens (including phenoxy) is 1. The number of aryl methyl sites for hydroxylation is 2. The van der Waals surface area contributed by atoms with E-state index in [-0.39, 0.29) is 5.60 Å². The molecule has 1 atom stereocenters. The predicted molar refractivity (Wildman–Crippen MR) is 85.2 cm³/mol. The Bertz CT molecular complexity index is 409. The number of hydrogen-bond donors (Lipinski definition) is 1. The molecule has 0 saturated heterocycles. The van der Waals surface area contributed by atoms with Crippen LogP contribution in [0, 0.1) is 13.8 Å². The molecule has 112 valence electrons. The minimum Gasteiger partial charge on any atom is -0.373 e. The van der Waals surface area contributed by atoms with Gasteiger partial charge in [-0.15, -0.1) is 0 Å². The van der Waals surface area contributed by atoms with Crippen molar-refractivity contribution >= 4 is 0 Å². The summed E-state index contributed by atoms with van der Waals surface area (Å²) in [6, 6.07) is 7.15. The Balaban J connectivity index is 2.36. The van der Waals surface area contributed by atoms with Gasteiger partial charge in [-0.25, -0.2) is 0 Å². The lowest BCUT2D eigenvalue weighted by Gasteiger charge is -2.43. The molecule has 1 aliphatic rings. The monoisotopic (exact) mass is 275 g/mol. The second-order valence-corrected chi connectivity index (χ2v) is 6.20. The van der Waals surface area contributed by atoms with Crippen LogP contribution in [0.4, 0.5) is 0 Å². The zero-order chi connectivity index (χ0) is 14.6. The zero-order valence-electron chi connectivity index (χ0n) is 13.5. The molecule has 2 nitrogen and oxygen atoms in total. The summed E-state index contributed by atoms with van der Waals surface area (Å²) < 4.78 is 6.30. The molecule has 1 unspecified atom stereocenters. The van der Waals surface area contributed by atoms with Gasteiger partial charge in [0.2, 0.25) is 0 Å². The summed E-state index contributed by atoms with van der Waals surface area (Å²) in [6.45, 7) is 7.27. The van der Waals surface area contributed by atoms with Crippen LogP contribution in [0.15, 0.2) is 18.2 Å². The minimum absolute atomic E-state index is 0.0258. The summed E-state index contributed by atoms with van der Waals surface area (Å²) in [6.07, 6.45) is 6.24. The second kappa shape index (κ2) is 6.73. The summed E-state index contributed by atoms with van der Waals surface area (Å²) in [5.74, 6) is 0. The van der Waals surface area contributed by atoms with Crippen LogP contribution in [0.3, 0.4) is 0 Å². The molecule has 0 spiro atoms. The van der Waals surface area contributed by atoms with Gasteiger partial charge in [-0.3, -0.25) is 0 Å².